The molecule has 28 heavy (non-hydrogen) atoms. The Morgan fingerprint density at radius 2 is 1.64 bits per heavy atom. The van der Waals surface area contributed by atoms with Gasteiger partial charge in [0.05, 0.1) is 13.2 Å². The zero-order valence-corrected chi connectivity index (χ0v) is 16.1. The third-order valence-electron chi connectivity index (χ3n) is 4.78. The van der Waals surface area contributed by atoms with Gasteiger partial charge in [-0.15, -0.1) is 0 Å². The van der Waals surface area contributed by atoms with Gasteiger partial charge in [-0.3, -0.25) is 9.59 Å². The molecule has 0 saturated carbocycles. The molecule has 0 radical (unpaired) electrons. The van der Waals surface area contributed by atoms with Crippen LogP contribution >= 0.6 is 0 Å². The van der Waals surface area contributed by atoms with Gasteiger partial charge >= 0.3 is 0 Å². The van der Waals surface area contributed by atoms with Crippen LogP contribution in [-0.4, -0.2) is 44.7 Å². The molecule has 1 fully saturated rings. The van der Waals surface area contributed by atoms with Crippen molar-refractivity contribution in [2.45, 2.75) is 25.4 Å². The number of hydrogen-bond acceptors (Lipinski definition) is 4. The Kier molecular flexibility index (Phi) is 7.03. The topological polar surface area (TPSA) is 76.7 Å². The maximum absolute atomic E-state index is 12.3. The highest BCUT2D eigenvalue weighted by atomic mass is 16.5. The summed E-state index contributed by atoms with van der Waals surface area (Å²) in [5.41, 5.74) is 2.19. The average Bonchev–Trinajstić information content (AvgIpc) is 3.26. The Labute approximate surface area is 165 Å². The van der Waals surface area contributed by atoms with Crippen LogP contribution in [0.3, 0.4) is 0 Å². The van der Waals surface area contributed by atoms with Crippen molar-refractivity contribution in [3.05, 3.63) is 65.2 Å². The van der Waals surface area contributed by atoms with Gasteiger partial charge in [0.15, 0.2) is 0 Å². The largest absolute Gasteiger partial charge is 0.497 e. The third-order valence-corrected chi connectivity index (χ3v) is 4.78. The van der Waals surface area contributed by atoms with E-state index in [4.69, 9.17) is 9.47 Å². The van der Waals surface area contributed by atoms with Gasteiger partial charge in [0.2, 0.25) is 0 Å². The lowest BCUT2D eigenvalue weighted by Gasteiger charge is -2.11. The molecule has 0 aliphatic carbocycles. The van der Waals surface area contributed by atoms with E-state index in [-0.39, 0.29) is 17.9 Å². The summed E-state index contributed by atoms with van der Waals surface area (Å²) in [5.74, 6) is 0.509. The van der Waals surface area contributed by atoms with Crippen molar-refractivity contribution in [2.24, 2.45) is 0 Å². The third kappa shape index (κ3) is 5.57. The summed E-state index contributed by atoms with van der Waals surface area (Å²) in [4.78, 5) is 24.4. The zero-order valence-electron chi connectivity index (χ0n) is 16.1. The van der Waals surface area contributed by atoms with Crippen molar-refractivity contribution < 1.29 is 19.1 Å². The lowest BCUT2D eigenvalue weighted by molar-refractivity contribution is 0.0857. The van der Waals surface area contributed by atoms with E-state index in [1.807, 2.05) is 24.3 Å². The maximum atomic E-state index is 12.3. The lowest BCUT2D eigenvalue weighted by Crippen LogP contribution is -2.31. The summed E-state index contributed by atoms with van der Waals surface area (Å²) in [6.07, 6.45) is 2.87. The maximum Gasteiger partial charge on any atom is 0.251 e. The van der Waals surface area contributed by atoms with Crippen molar-refractivity contribution >= 4 is 11.8 Å². The Balaban J connectivity index is 1.44. The van der Waals surface area contributed by atoms with Gasteiger partial charge in [-0.2, -0.15) is 0 Å². The summed E-state index contributed by atoms with van der Waals surface area (Å²) in [5, 5.41) is 5.78. The molecule has 1 unspecified atom stereocenters. The first-order valence-electron chi connectivity index (χ1n) is 9.56. The van der Waals surface area contributed by atoms with E-state index in [1.165, 1.54) is 0 Å². The Bertz CT molecular complexity index is 781. The molecule has 6 heteroatoms. The number of carbonyl (C=O) groups excluding carboxylic acids is 2. The van der Waals surface area contributed by atoms with Crippen LogP contribution < -0.4 is 15.4 Å². The van der Waals surface area contributed by atoms with Crippen molar-refractivity contribution in [2.75, 3.05) is 26.8 Å². The number of nitrogens with one attached hydrogen (secondary N) is 2. The number of ether oxygens (including phenoxy) is 2. The monoisotopic (exact) mass is 382 g/mol. The minimum Gasteiger partial charge on any atom is -0.497 e. The average molecular weight is 382 g/mol. The molecule has 0 bridgehead atoms. The molecule has 2 aromatic carbocycles. The molecule has 6 nitrogen and oxygen atoms in total. The quantitative estimate of drug-likeness (QED) is 0.736. The Morgan fingerprint density at radius 1 is 1.00 bits per heavy atom. The first kappa shape index (κ1) is 19.9. The number of carbonyl (C=O) groups is 2. The number of benzene rings is 2. The van der Waals surface area contributed by atoms with E-state index in [0.29, 0.717) is 24.2 Å². The molecule has 1 heterocycles. The summed E-state index contributed by atoms with van der Waals surface area (Å²) in [7, 11) is 1.63. The van der Waals surface area contributed by atoms with Crippen LogP contribution in [0.5, 0.6) is 5.75 Å². The van der Waals surface area contributed by atoms with E-state index in [9.17, 15) is 9.59 Å². The fourth-order valence-electron chi connectivity index (χ4n) is 3.10. The van der Waals surface area contributed by atoms with Crippen LogP contribution in [0.15, 0.2) is 48.5 Å². The Morgan fingerprint density at radius 3 is 2.21 bits per heavy atom. The van der Waals surface area contributed by atoms with Crippen LogP contribution in [0.4, 0.5) is 0 Å². The first-order valence-corrected chi connectivity index (χ1v) is 9.56. The number of rotatable bonds is 8. The van der Waals surface area contributed by atoms with Gasteiger partial charge in [-0.05, 0) is 61.2 Å². The van der Waals surface area contributed by atoms with Gasteiger partial charge in [0, 0.05) is 30.8 Å². The molecule has 2 amide bonds. The SMILES string of the molecule is COc1ccc(CCNC(=O)c2ccc(C(=O)NCC3CCCO3)cc2)cc1. The van der Waals surface area contributed by atoms with Crippen molar-refractivity contribution in [1.29, 1.82) is 0 Å². The van der Waals surface area contributed by atoms with Gasteiger partial charge in [0.25, 0.3) is 11.8 Å². The molecule has 3 rings (SSSR count). The highest BCUT2D eigenvalue weighted by Gasteiger charge is 2.16. The summed E-state index contributed by atoms with van der Waals surface area (Å²) in [6, 6.07) is 14.4. The predicted octanol–water partition coefficient (Wildman–Crippen LogP) is 2.58. The fraction of sp³-hybridized carbons (Fsp3) is 0.364. The Hall–Kier alpha value is -2.86. The van der Waals surface area contributed by atoms with Crippen molar-refractivity contribution in [1.82, 2.24) is 10.6 Å². The van der Waals surface area contributed by atoms with E-state index in [2.05, 4.69) is 10.6 Å². The summed E-state index contributed by atoms with van der Waals surface area (Å²) < 4.78 is 10.6. The summed E-state index contributed by atoms with van der Waals surface area (Å²) >= 11 is 0. The molecule has 0 aromatic heterocycles. The molecule has 1 saturated heterocycles. The second kappa shape index (κ2) is 9.90. The molecule has 1 aliphatic rings. The second-order valence-electron chi connectivity index (χ2n) is 6.78. The predicted molar refractivity (Wildman–Crippen MR) is 107 cm³/mol. The molecule has 148 valence electrons. The first-order chi connectivity index (χ1) is 13.7. The molecule has 0 spiro atoms. The zero-order chi connectivity index (χ0) is 19.8. The lowest BCUT2D eigenvalue weighted by atomic mass is 10.1. The fourth-order valence-corrected chi connectivity index (χ4v) is 3.10. The van der Waals surface area contributed by atoms with Gasteiger partial charge in [0.1, 0.15) is 5.75 Å². The van der Waals surface area contributed by atoms with Crippen molar-refractivity contribution in [3.63, 3.8) is 0 Å². The summed E-state index contributed by atoms with van der Waals surface area (Å²) in [6.45, 7) is 1.82. The number of methoxy groups -OCH3 is 1. The van der Waals surface area contributed by atoms with Crippen LogP contribution in [0.1, 0.15) is 39.1 Å². The van der Waals surface area contributed by atoms with Crippen molar-refractivity contribution in [3.8, 4) is 5.75 Å². The minimum absolute atomic E-state index is 0.111. The van der Waals surface area contributed by atoms with Crippen LogP contribution in [0.25, 0.3) is 0 Å². The highest BCUT2D eigenvalue weighted by Crippen LogP contribution is 2.12. The molecular formula is C22H26N2O4. The van der Waals surface area contributed by atoms with Crippen LogP contribution in [0, 0.1) is 0 Å². The molecule has 2 aromatic rings. The van der Waals surface area contributed by atoms with Crippen LogP contribution in [-0.2, 0) is 11.2 Å². The number of hydrogen-bond donors (Lipinski definition) is 2. The standard InChI is InChI=1S/C22H26N2O4/c1-27-19-10-4-16(5-11-19)12-13-23-21(25)17-6-8-18(9-7-17)22(26)24-15-20-3-2-14-28-20/h4-11,20H,2-3,12-15H2,1H3,(H,23,25)(H,24,26). The molecular weight excluding hydrogens is 356 g/mol. The minimum atomic E-state index is -0.153. The molecule has 2 N–H and O–H groups in total. The van der Waals surface area contributed by atoms with E-state index >= 15 is 0 Å². The smallest absolute Gasteiger partial charge is 0.251 e. The molecule has 1 aliphatic heterocycles. The van der Waals surface area contributed by atoms with E-state index in [0.717, 1.165) is 37.2 Å². The van der Waals surface area contributed by atoms with E-state index in [1.54, 1.807) is 31.4 Å². The van der Waals surface area contributed by atoms with Gasteiger partial charge in [-0.1, -0.05) is 12.1 Å². The number of amides is 2. The highest BCUT2D eigenvalue weighted by molar-refractivity contribution is 5.97. The second-order valence-corrected chi connectivity index (χ2v) is 6.78. The van der Waals surface area contributed by atoms with E-state index < -0.39 is 0 Å². The normalized spacial score (nSPS) is 15.8. The van der Waals surface area contributed by atoms with Gasteiger partial charge in [-0.25, -0.2) is 0 Å². The molecule has 1 atom stereocenters. The van der Waals surface area contributed by atoms with Crippen LogP contribution in [0.2, 0.25) is 0 Å². The van der Waals surface area contributed by atoms with Gasteiger partial charge < -0.3 is 20.1 Å².